The second-order valence-corrected chi connectivity index (χ2v) is 11.4. The highest BCUT2D eigenvalue weighted by Crippen LogP contribution is 2.67. The van der Waals surface area contributed by atoms with Crippen molar-refractivity contribution in [2.75, 3.05) is 13.2 Å². The van der Waals surface area contributed by atoms with Crippen molar-refractivity contribution in [1.29, 1.82) is 0 Å². The lowest BCUT2D eigenvalue weighted by Gasteiger charge is -2.18. The minimum atomic E-state index is -2.22. The SMILES string of the molecule is CCOP(=S)(OCC)SSc1ccc(Cl)cc1. The Morgan fingerprint density at radius 1 is 1.18 bits per heavy atom. The van der Waals surface area contributed by atoms with Gasteiger partial charge in [-0.2, -0.15) is 0 Å². The zero-order valence-electron chi connectivity index (χ0n) is 9.59. The first-order chi connectivity index (χ1) is 8.09. The van der Waals surface area contributed by atoms with Crippen LogP contribution in [0.5, 0.6) is 0 Å². The maximum absolute atomic E-state index is 5.82. The quantitative estimate of drug-likeness (QED) is 0.492. The van der Waals surface area contributed by atoms with Gasteiger partial charge in [0.1, 0.15) is 0 Å². The molecular weight excluding hydrogens is 315 g/mol. The van der Waals surface area contributed by atoms with Gasteiger partial charge in [0.15, 0.2) is 0 Å². The fraction of sp³-hybridized carbons (Fsp3) is 0.400. The third-order valence-corrected chi connectivity index (χ3v) is 10.3. The summed E-state index contributed by atoms with van der Waals surface area (Å²) in [6.07, 6.45) is 0. The number of hydrogen-bond acceptors (Lipinski definition) is 5. The summed E-state index contributed by atoms with van der Waals surface area (Å²) in [5.41, 5.74) is -2.22. The van der Waals surface area contributed by atoms with E-state index in [-0.39, 0.29) is 0 Å². The molecule has 0 aliphatic carbocycles. The fourth-order valence-corrected chi connectivity index (χ4v) is 7.90. The molecule has 96 valence electrons. The first kappa shape index (κ1) is 15.8. The van der Waals surface area contributed by atoms with Crippen LogP contribution >= 0.6 is 38.5 Å². The van der Waals surface area contributed by atoms with Crippen molar-refractivity contribution >= 4 is 50.3 Å². The molecule has 2 nitrogen and oxygen atoms in total. The number of hydrogen-bond donors (Lipinski definition) is 0. The number of benzene rings is 1. The van der Waals surface area contributed by atoms with Crippen LogP contribution < -0.4 is 0 Å². The van der Waals surface area contributed by atoms with Crippen LogP contribution in [0.25, 0.3) is 0 Å². The Kier molecular flexibility index (Phi) is 7.50. The maximum Gasteiger partial charge on any atom is 0.258 e. The Morgan fingerprint density at radius 2 is 1.71 bits per heavy atom. The molecule has 0 aromatic heterocycles. The van der Waals surface area contributed by atoms with Crippen molar-refractivity contribution in [3.63, 3.8) is 0 Å². The molecule has 0 saturated heterocycles. The monoisotopic (exact) mass is 328 g/mol. The summed E-state index contributed by atoms with van der Waals surface area (Å²) in [7, 11) is 3.06. The van der Waals surface area contributed by atoms with Crippen LogP contribution in [-0.2, 0) is 20.9 Å². The lowest BCUT2D eigenvalue weighted by Crippen LogP contribution is -1.90. The van der Waals surface area contributed by atoms with Gasteiger partial charge in [0, 0.05) is 20.3 Å². The van der Waals surface area contributed by atoms with Crippen LogP contribution in [0.4, 0.5) is 0 Å². The van der Waals surface area contributed by atoms with Gasteiger partial charge in [0.25, 0.3) is 5.69 Å². The molecule has 0 spiro atoms. The molecule has 0 bridgehead atoms. The highest BCUT2D eigenvalue weighted by atomic mass is 35.5. The van der Waals surface area contributed by atoms with E-state index >= 15 is 0 Å². The van der Waals surface area contributed by atoms with Crippen molar-refractivity contribution in [3.8, 4) is 0 Å². The second kappa shape index (κ2) is 8.05. The van der Waals surface area contributed by atoms with E-state index in [1.165, 1.54) is 10.4 Å². The lowest BCUT2D eigenvalue weighted by atomic mass is 10.4. The summed E-state index contributed by atoms with van der Waals surface area (Å²) < 4.78 is 11.1. The van der Waals surface area contributed by atoms with E-state index in [1.807, 2.05) is 38.1 Å². The molecule has 0 atom stereocenters. The third-order valence-electron chi connectivity index (χ3n) is 1.61. The molecule has 7 heteroatoms. The van der Waals surface area contributed by atoms with Gasteiger partial charge in [-0.25, -0.2) is 0 Å². The second-order valence-electron chi connectivity index (χ2n) is 2.89. The van der Waals surface area contributed by atoms with Gasteiger partial charge in [-0.1, -0.05) is 11.6 Å². The maximum atomic E-state index is 5.82. The molecule has 0 N–H and O–H groups in total. The van der Waals surface area contributed by atoms with Gasteiger partial charge in [-0.15, -0.1) is 0 Å². The third kappa shape index (κ3) is 5.97. The zero-order chi connectivity index (χ0) is 12.7. The van der Waals surface area contributed by atoms with E-state index in [1.54, 1.807) is 10.8 Å². The molecule has 0 unspecified atom stereocenters. The van der Waals surface area contributed by atoms with E-state index in [0.717, 1.165) is 9.92 Å². The zero-order valence-corrected chi connectivity index (χ0v) is 13.7. The molecule has 1 aromatic carbocycles. The Hall–Kier alpha value is 0.780. The predicted octanol–water partition coefficient (Wildman–Crippen LogP) is 5.38. The molecule has 0 aliphatic heterocycles. The average Bonchev–Trinajstić information content (AvgIpc) is 2.29. The molecule has 1 aromatic rings. The van der Waals surface area contributed by atoms with Crippen molar-refractivity contribution in [2.24, 2.45) is 0 Å². The minimum absolute atomic E-state index is 0.575. The smallest absolute Gasteiger partial charge is 0.258 e. The van der Waals surface area contributed by atoms with E-state index in [2.05, 4.69) is 0 Å². The van der Waals surface area contributed by atoms with Gasteiger partial charge in [0.05, 0.1) is 13.2 Å². The first-order valence-corrected chi connectivity index (χ1v) is 10.9. The molecule has 0 aliphatic rings. The molecule has 0 fully saturated rings. The van der Waals surface area contributed by atoms with Crippen LogP contribution in [-0.4, -0.2) is 13.2 Å². The van der Waals surface area contributed by atoms with Gasteiger partial charge in [-0.05, 0) is 60.7 Å². The molecule has 0 radical (unpaired) electrons. The molecule has 0 amide bonds. The molecular formula is C10H14ClO2PS3. The van der Waals surface area contributed by atoms with Crippen LogP contribution in [0.3, 0.4) is 0 Å². The van der Waals surface area contributed by atoms with E-state index in [0.29, 0.717) is 13.2 Å². The van der Waals surface area contributed by atoms with Crippen molar-refractivity contribution in [1.82, 2.24) is 0 Å². The highest BCUT2D eigenvalue weighted by molar-refractivity contribution is 9.03. The normalized spacial score (nSPS) is 11.7. The Morgan fingerprint density at radius 3 is 2.18 bits per heavy atom. The Balaban J connectivity index is 2.57. The number of halogens is 1. The highest BCUT2D eigenvalue weighted by Gasteiger charge is 2.19. The minimum Gasteiger partial charge on any atom is -0.321 e. The van der Waals surface area contributed by atoms with E-state index in [4.69, 9.17) is 32.5 Å². The topological polar surface area (TPSA) is 18.5 Å². The van der Waals surface area contributed by atoms with E-state index < -0.39 is 5.69 Å². The lowest BCUT2D eigenvalue weighted by molar-refractivity contribution is 0.281. The van der Waals surface area contributed by atoms with Crippen molar-refractivity contribution < 1.29 is 9.05 Å². The standard InChI is InChI=1S/C10H14ClO2PS3/c1-3-12-14(15,13-4-2)17-16-10-7-5-9(11)6-8-10/h5-8H,3-4H2,1-2H3. The first-order valence-electron chi connectivity index (χ1n) is 5.10. The molecule has 0 heterocycles. The van der Waals surface area contributed by atoms with Crippen molar-refractivity contribution in [3.05, 3.63) is 29.3 Å². The van der Waals surface area contributed by atoms with Gasteiger partial charge in [0.2, 0.25) is 0 Å². The van der Waals surface area contributed by atoms with Crippen LogP contribution in [0.1, 0.15) is 13.8 Å². The summed E-state index contributed by atoms with van der Waals surface area (Å²) in [4.78, 5) is 1.09. The largest absolute Gasteiger partial charge is 0.321 e. The van der Waals surface area contributed by atoms with E-state index in [9.17, 15) is 0 Å². The molecule has 17 heavy (non-hydrogen) atoms. The Labute approximate surface area is 120 Å². The average molecular weight is 329 g/mol. The van der Waals surface area contributed by atoms with Crippen LogP contribution in [0.15, 0.2) is 29.2 Å². The molecule has 1 rings (SSSR count). The molecule has 0 saturated carbocycles. The number of rotatable bonds is 7. The fourth-order valence-electron chi connectivity index (χ4n) is 0.975. The van der Waals surface area contributed by atoms with Gasteiger partial charge in [-0.3, -0.25) is 0 Å². The summed E-state index contributed by atoms with van der Waals surface area (Å²) in [6, 6.07) is 7.62. The Bertz CT molecular complexity index is 376. The van der Waals surface area contributed by atoms with Gasteiger partial charge < -0.3 is 9.05 Å². The van der Waals surface area contributed by atoms with Gasteiger partial charge >= 0.3 is 0 Å². The van der Waals surface area contributed by atoms with Crippen LogP contribution in [0, 0.1) is 0 Å². The van der Waals surface area contributed by atoms with Crippen molar-refractivity contribution in [2.45, 2.75) is 18.7 Å². The predicted molar refractivity (Wildman–Crippen MR) is 82.4 cm³/mol. The van der Waals surface area contributed by atoms with Crippen LogP contribution in [0.2, 0.25) is 5.02 Å². The summed E-state index contributed by atoms with van der Waals surface area (Å²) in [5, 5.41) is 0.730. The summed E-state index contributed by atoms with van der Waals surface area (Å²) in [6.45, 7) is 5.00. The summed E-state index contributed by atoms with van der Waals surface area (Å²) >= 11 is 11.2. The summed E-state index contributed by atoms with van der Waals surface area (Å²) in [5.74, 6) is 0.